The normalized spacial score (nSPS) is 16.7. The van der Waals surface area contributed by atoms with Crippen LogP contribution in [0.5, 0.6) is 17.2 Å². The van der Waals surface area contributed by atoms with Crippen LogP contribution < -0.4 is 14.2 Å². The Bertz CT molecular complexity index is 1080. The third-order valence-electron chi connectivity index (χ3n) is 5.93. The van der Waals surface area contributed by atoms with Gasteiger partial charge < -0.3 is 19.3 Å². The van der Waals surface area contributed by atoms with Gasteiger partial charge in [-0.15, -0.1) is 11.3 Å². The summed E-state index contributed by atoms with van der Waals surface area (Å²) in [6.07, 6.45) is 0.194. The number of nitrogens with zero attached hydrogens (tertiary/aromatic N) is 1. The van der Waals surface area contributed by atoms with Crippen LogP contribution in [-0.4, -0.2) is 55.8 Å². The summed E-state index contributed by atoms with van der Waals surface area (Å²) in [6, 6.07) is 15.3. The molecule has 0 amide bonds. The van der Waals surface area contributed by atoms with E-state index in [9.17, 15) is 9.90 Å². The number of methoxy groups -OCH3 is 2. The van der Waals surface area contributed by atoms with Crippen LogP contribution >= 0.6 is 11.3 Å². The summed E-state index contributed by atoms with van der Waals surface area (Å²) in [5.41, 5.74) is 3.05. The molecule has 4 rings (SSSR count). The number of fused-ring (bicyclic) bond motifs is 1. The quantitative estimate of drug-likeness (QED) is 0.472. The van der Waals surface area contributed by atoms with Crippen molar-refractivity contribution in [1.82, 2.24) is 4.90 Å². The number of β-amino-alcohol motifs (C(OH)–C–C–N with tert-alkyl or cyclic N) is 1. The van der Waals surface area contributed by atoms with E-state index in [-0.39, 0.29) is 18.4 Å². The fourth-order valence-corrected chi connectivity index (χ4v) is 5.15. The van der Waals surface area contributed by atoms with Crippen LogP contribution in [0.2, 0.25) is 0 Å². The molecular formula is C26H29NO5S. The molecule has 1 aliphatic rings. The molecule has 2 unspecified atom stereocenters. The summed E-state index contributed by atoms with van der Waals surface area (Å²) in [6.45, 7) is 3.00. The van der Waals surface area contributed by atoms with E-state index in [1.807, 2.05) is 0 Å². The van der Waals surface area contributed by atoms with Crippen molar-refractivity contribution >= 4 is 17.1 Å². The van der Waals surface area contributed by atoms with Crippen LogP contribution in [0.25, 0.3) is 0 Å². The summed E-state index contributed by atoms with van der Waals surface area (Å²) >= 11 is 1.71. The lowest BCUT2D eigenvalue weighted by Crippen LogP contribution is -2.42. The second-order valence-corrected chi connectivity index (χ2v) is 9.09. The van der Waals surface area contributed by atoms with Gasteiger partial charge in [-0.1, -0.05) is 6.07 Å². The maximum Gasteiger partial charge on any atom is 0.161 e. The van der Waals surface area contributed by atoms with Crippen molar-refractivity contribution in [3.63, 3.8) is 0 Å². The van der Waals surface area contributed by atoms with Gasteiger partial charge in [0.25, 0.3) is 0 Å². The van der Waals surface area contributed by atoms with Gasteiger partial charge in [0.2, 0.25) is 0 Å². The first-order chi connectivity index (χ1) is 16.0. The molecule has 0 aliphatic carbocycles. The predicted molar refractivity (Wildman–Crippen MR) is 129 cm³/mol. The molecule has 0 radical (unpaired) electrons. The topological polar surface area (TPSA) is 68.2 Å². The molecule has 33 heavy (non-hydrogen) atoms. The van der Waals surface area contributed by atoms with Crippen molar-refractivity contribution in [2.75, 3.05) is 33.9 Å². The average Bonchev–Trinajstić information content (AvgIpc) is 3.36. The predicted octanol–water partition coefficient (Wildman–Crippen LogP) is 4.36. The molecule has 0 saturated heterocycles. The Labute approximate surface area is 198 Å². The van der Waals surface area contributed by atoms with Crippen LogP contribution in [0.1, 0.15) is 39.3 Å². The highest BCUT2D eigenvalue weighted by molar-refractivity contribution is 7.10. The van der Waals surface area contributed by atoms with Crippen LogP contribution in [-0.2, 0) is 6.42 Å². The van der Waals surface area contributed by atoms with E-state index in [2.05, 4.69) is 34.5 Å². The van der Waals surface area contributed by atoms with Crippen molar-refractivity contribution in [3.8, 4) is 17.2 Å². The van der Waals surface area contributed by atoms with E-state index >= 15 is 0 Å². The van der Waals surface area contributed by atoms with Gasteiger partial charge in [-0.05, 0) is 72.3 Å². The lowest BCUT2D eigenvalue weighted by atomic mass is 9.90. The first-order valence-corrected chi connectivity index (χ1v) is 11.8. The zero-order valence-corrected chi connectivity index (χ0v) is 19.9. The Morgan fingerprint density at radius 3 is 2.52 bits per heavy atom. The number of ether oxygens (including phenoxy) is 3. The molecule has 0 spiro atoms. The van der Waals surface area contributed by atoms with E-state index in [1.54, 1.807) is 49.8 Å². The Balaban J connectivity index is 1.50. The lowest BCUT2D eigenvalue weighted by Gasteiger charge is -2.38. The number of thiophene rings is 1. The number of ketones is 1. The number of hydrogen-bond acceptors (Lipinski definition) is 7. The van der Waals surface area contributed by atoms with E-state index < -0.39 is 6.10 Å². The van der Waals surface area contributed by atoms with E-state index in [1.165, 1.54) is 22.9 Å². The van der Waals surface area contributed by atoms with Gasteiger partial charge in [-0.3, -0.25) is 9.69 Å². The Morgan fingerprint density at radius 2 is 1.88 bits per heavy atom. The minimum absolute atomic E-state index is 0.0147. The summed E-state index contributed by atoms with van der Waals surface area (Å²) in [5, 5.41) is 12.9. The minimum Gasteiger partial charge on any atom is -0.493 e. The molecule has 1 N–H and O–H groups in total. The summed E-state index contributed by atoms with van der Waals surface area (Å²) < 4.78 is 16.9. The van der Waals surface area contributed by atoms with Crippen LogP contribution in [0.4, 0.5) is 0 Å². The van der Waals surface area contributed by atoms with Gasteiger partial charge >= 0.3 is 0 Å². The van der Waals surface area contributed by atoms with E-state index in [4.69, 9.17) is 14.2 Å². The molecule has 1 aliphatic heterocycles. The second kappa shape index (κ2) is 10.4. The van der Waals surface area contributed by atoms with Crippen LogP contribution in [0.15, 0.2) is 53.9 Å². The largest absolute Gasteiger partial charge is 0.493 e. The summed E-state index contributed by atoms with van der Waals surface area (Å²) in [5.74, 6) is 2.09. The molecule has 0 saturated carbocycles. The van der Waals surface area contributed by atoms with E-state index in [0.29, 0.717) is 23.6 Å². The van der Waals surface area contributed by atoms with Gasteiger partial charge in [0.15, 0.2) is 17.3 Å². The zero-order chi connectivity index (χ0) is 23.4. The monoisotopic (exact) mass is 467 g/mol. The molecule has 0 bridgehead atoms. The average molecular weight is 468 g/mol. The van der Waals surface area contributed by atoms with Crippen molar-refractivity contribution < 1.29 is 24.1 Å². The number of Topliss-reactive ketones (excluding diaryl/α,β-unsaturated/α-hetero) is 1. The highest BCUT2D eigenvalue weighted by Gasteiger charge is 2.32. The van der Waals surface area contributed by atoms with Gasteiger partial charge in [-0.25, -0.2) is 0 Å². The SMILES string of the molecule is COc1cc2c(cc1OC)C(c1cccs1)N(CC(O)COc1ccc(C(C)=O)cc1)CC2. The third-order valence-corrected chi connectivity index (χ3v) is 6.86. The number of carbonyl (C=O) groups excluding carboxylic acids is 1. The Hall–Kier alpha value is -2.87. The number of benzene rings is 2. The second-order valence-electron chi connectivity index (χ2n) is 8.11. The Kier molecular flexibility index (Phi) is 7.33. The van der Waals surface area contributed by atoms with Gasteiger partial charge in [-0.2, -0.15) is 0 Å². The Morgan fingerprint density at radius 1 is 1.15 bits per heavy atom. The first kappa shape index (κ1) is 23.3. The molecule has 7 heteroatoms. The van der Waals surface area contributed by atoms with E-state index in [0.717, 1.165) is 18.7 Å². The number of hydrogen-bond donors (Lipinski definition) is 1. The van der Waals surface area contributed by atoms with Gasteiger partial charge in [0.05, 0.1) is 20.3 Å². The molecule has 2 atom stereocenters. The van der Waals surface area contributed by atoms with Gasteiger partial charge in [0, 0.05) is 23.5 Å². The highest BCUT2D eigenvalue weighted by Crippen LogP contribution is 2.42. The maximum atomic E-state index is 11.4. The fraction of sp³-hybridized carbons (Fsp3) is 0.346. The molecule has 174 valence electrons. The fourth-order valence-electron chi connectivity index (χ4n) is 4.28. The van der Waals surface area contributed by atoms with Crippen molar-refractivity contribution in [2.45, 2.75) is 25.5 Å². The molecule has 2 heterocycles. The highest BCUT2D eigenvalue weighted by atomic mass is 32.1. The standard InChI is InChI=1S/C26H29NO5S/c1-17(28)18-6-8-21(9-7-18)32-16-20(29)15-27-11-10-19-13-23(30-2)24(31-3)14-22(19)26(27)25-5-4-12-33-25/h4-9,12-14,20,26,29H,10-11,15-16H2,1-3H3. The number of carbonyl (C=O) groups is 1. The lowest BCUT2D eigenvalue weighted by molar-refractivity contribution is 0.0558. The first-order valence-electron chi connectivity index (χ1n) is 10.9. The van der Waals surface area contributed by atoms with Crippen molar-refractivity contribution in [2.24, 2.45) is 0 Å². The minimum atomic E-state index is -0.665. The molecule has 3 aromatic rings. The number of rotatable bonds is 9. The summed E-state index contributed by atoms with van der Waals surface area (Å²) in [4.78, 5) is 15.0. The molecular weight excluding hydrogens is 438 g/mol. The third kappa shape index (κ3) is 5.21. The maximum absolute atomic E-state index is 11.4. The molecule has 2 aromatic carbocycles. The number of aliphatic hydroxyl groups is 1. The molecule has 1 aromatic heterocycles. The number of aliphatic hydroxyl groups excluding tert-OH is 1. The van der Waals surface area contributed by atoms with Crippen LogP contribution in [0.3, 0.4) is 0 Å². The van der Waals surface area contributed by atoms with Crippen molar-refractivity contribution in [1.29, 1.82) is 0 Å². The smallest absolute Gasteiger partial charge is 0.161 e. The molecule has 6 nitrogen and oxygen atoms in total. The molecule has 0 fully saturated rings. The van der Waals surface area contributed by atoms with Crippen molar-refractivity contribution in [3.05, 3.63) is 75.5 Å². The van der Waals surface area contributed by atoms with Gasteiger partial charge in [0.1, 0.15) is 18.5 Å². The summed E-state index contributed by atoms with van der Waals surface area (Å²) in [7, 11) is 3.30. The zero-order valence-electron chi connectivity index (χ0n) is 19.1. The van der Waals surface area contributed by atoms with Crippen LogP contribution in [0, 0.1) is 0 Å².